The van der Waals surface area contributed by atoms with E-state index in [1.807, 2.05) is 49.9 Å². The Labute approximate surface area is 226 Å². The Morgan fingerprint density at radius 2 is 1.87 bits per heavy atom. The van der Waals surface area contributed by atoms with E-state index in [-0.39, 0.29) is 29.6 Å². The van der Waals surface area contributed by atoms with Crippen molar-refractivity contribution in [2.75, 3.05) is 23.9 Å². The maximum absolute atomic E-state index is 13.0. The van der Waals surface area contributed by atoms with Crippen molar-refractivity contribution in [2.45, 2.75) is 64.5 Å². The number of ether oxygens (including phenoxy) is 2. The van der Waals surface area contributed by atoms with Crippen molar-refractivity contribution in [3.05, 3.63) is 65.7 Å². The van der Waals surface area contributed by atoms with Gasteiger partial charge in [-0.2, -0.15) is 0 Å². The number of hydrogen-bond acceptors (Lipinski definition) is 6. The van der Waals surface area contributed by atoms with E-state index in [0.717, 1.165) is 11.1 Å². The summed E-state index contributed by atoms with van der Waals surface area (Å²) in [6.07, 6.45) is 0.942. The monoisotopic (exact) mass is 538 g/mol. The van der Waals surface area contributed by atoms with Crippen molar-refractivity contribution in [1.29, 1.82) is 0 Å². The highest BCUT2D eigenvalue weighted by atomic mass is 28.4. The zero-order valence-corrected chi connectivity index (χ0v) is 24.1. The number of esters is 1. The summed E-state index contributed by atoms with van der Waals surface area (Å²) in [5.41, 5.74) is 3.27. The van der Waals surface area contributed by atoms with Gasteiger partial charge in [0.05, 0.1) is 30.6 Å². The molecule has 0 bridgehead atoms. The van der Waals surface area contributed by atoms with E-state index in [2.05, 4.69) is 32.7 Å². The quantitative estimate of drug-likeness (QED) is 0.212. The van der Waals surface area contributed by atoms with E-state index in [0.29, 0.717) is 29.9 Å². The fourth-order valence-electron chi connectivity index (χ4n) is 4.31. The molecule has 1 aliphatic heterocycles. The van der Waals surface area contributed by atoms with Gasteiger partial charge in [0.15, 0.2) is 0 Å². The molecule has 1 heterocycles. The first kappa shape index (κ1) is 29.1. The molecular formula is C29H38N2O6Si. The Balaban J connectivity index is 2.01. The number of methoxy groups -OCH3 is 1. The summed E-state index contributed by atoms with van der Waals surface area (Å²) in [7, 11) is -1.35. The fraction of sp³-hybridized carbons (Fsp3) is 0.414. The largest absolute Gasteiger partial charge is 0.469 e. The molecule has 8 nitrogen and oxygen atoms in total. The van der Waals surface area contributed by atoms with E-state index in [9.17, 15) is 14.4 Å². The average molecular weight is 539 g/mol. The van der Waals surface area contributed by atoms with Gasteiger partial charge in [0.2, 0.25) is 14.2 Å². The number of carbonyl (C=O) groups is 3. The van der Waals surface area contributed by atoms with Crippen LogP contribution in [-0.2, 0) is 30.1 Å². The van der Waals surface area contributed by atoms with Crippen molar-refractivity contribution < 1.29 is 28.3 Å². The summed E-state index contributed by atoms with van der Waals surface area (Å²) in [5.74, 6) is -0.357. The second kappa shape index (κ2) is 12.0. The van der Waals surface area contributed by atoms with Crippen LogP contribution in [0.3, 0.4) is 0 Å². The van der Waals surface area contributed by atoms with Crippen LogP contribution in [0.4, 0.5) is 16.2 Å². The van der Waals surface area contributed by atoms with Gasteiger partial charge in [0.1, 0.15) is 6.61 Å². The highest BCUT2D eigenvalue weighted by Gasteiger charge is 2.46. The first-order valence-electron chi connectivity index (χ1n) is 12.7. The molecule has 9 heteroatoms. The number of rotatable bonds is 10. The van der Waals surface area contributed by atoms with Crippen LogP contribution in [-0.4, -0.2) is 39.9 Å². The molecule has 2 atom stereocenters. The lowest BCUT2D eigenvalue weighted by molar-refractivity contribution is -0.138. The van der Waals surface area contributed by atoms with Crippen LogP contribution >= 0.6 is 0 Å². The van der Waals surface area contributed by atoms with Gasteiger partial charge in [-0.3, -0.25) is 14.9 Å². The first-order chi connectivity index (χ1) is 17.9. The van der Waals surface area contributed by atoms with Crippen LogP contribution in [0.5, 0.6) is 0 Å². The van der Waals surface area contributed by atoms with Crippen molar-refractivity contribution in [3.63, 3.8) is 0 Å². The van der Waals surface area contributed by atoms with Crippen LogP contribution in [0.15, 0.2) is 49.0 Å². The van der Waals surface area contributed by atoms with Gasteiger partial charge >= 0.3 is 12.1 Å². The minimum absolute atomic E-state index is 0.0313. The van der Waals surface area contributed by atoms with Gasteiger partial charge < -0.3 is 18.8 Å². The molecule has 0 aromatic heterocycles. The molecule has 0 spiro atoms. The summed E-state index contributed by atoms with van der Waals surface area (Å²) in [6, 6.07) is 13.2. The topological polar surface area (TPSA) is 94.2 Å². The van der Waals surface area contributed by atoms with E-state index >= 15 is 0 Å². The standard InChI is InChI=1S/C29H38N2O6Si/c1-8-22-14-15-23(31-17-16-24(31)32)27(30-28(34)36-18-21-12-10-9-11-13-21)26(22)20(2)37-38(7,29(3,4)5)19-25(33)35-6/h8-15,20H,1,16-19H2,2-7H3,(H,30,34)/t20-,38?/m0/s1. The molecule has 38 heavy (non-hydrogen) atoms. The Hall–Kier alpha value is -3.43. The second-order valence-corrected chi connectivity index (χ2v) is 15.2. The second-order valence-electron chi connectivity index (χ2n) is 10.6. The number of carbonyl (C=O) groups excluding carboxylic acids is 3. The van der Waals surface area contributed by atoms with Crippen LogP contribution in [0.2, 0.25) is 17.6 Å². The summed E-state index contributed by atoms with van der Waals surface area (Å²) >= 11 is 0. The van der Waals surface area contributed by atoms with Crippen LogP contribution < -0.4 is 10.2 Å². The Kier molecular flexibility index (Phi) is 9.16. The normalized spacial score (nSPS) is 15.6. The predicted molar refractivity (Wildman–Crippen MR) is 151 cm³/mol. The number of nitrogens with one attached hydrogen (secondary N) is 1. The maximum atomic E-state index is 13.0. The molecule has 2 amide bonds. The van der Waals surface area contributed by atoms with E-state index < -0.39 is 20.5 Å². The summed E-state index contributed by atoms with van der Waals surface area (Å²) in [5, 5.41) is 2.60. The maximum Gasteiger partial charge on any atom is 0.412 e. The van der Waals surface area contributed by atoms with Gasteiger partial charge in [0, 0.05) is 18.5 Å². The molecule has 0 saturated carbocycles. The first-order valence-corrected chi connectivity index (χ1v) is 15.3. The molecule has 1 aliphatic rings. The van der Waals surface area contributed by atoms with E-state index in [1.165, 1.54) is 7.11 Å². The molecule has 1 unspecified atom stereocenters. The molecule has 204 valence electrons. The Bertz CT molecular complexity index is 1190. The van der Waals surface area contributed by atoms with Crippen LogP contribution in [0.25, 0.3) is 6.08 Å². The van der Waals surface area contributed by atoms with Crippen molar-refractivity contribution >= 4 is 43.7 Å². The summed E-state index contributed by atoms with van der Waals surface area (Å²) in [6.45, 7) is 14.7. The lowest BCUT2D eigenvalue weighted by atomic mass is 9.97. The molecule has 2 aromatic carbocycles. The minimum Gasteiger partial charge on any atom is -0.469 e. The predicted octanol–water partition coefficient (Wildman–Crippen LogP) is 6.44. The average Bonchev–Trinajstić information content (AvgIpc) is 2.86. The fourth-order valence-corrected chi connectivity index (χ4v) is 6.87. The molecule has 2 aromatic rings. The lowest BCUT2D eigenvalue weighted by Crippen LogP contribution is -2.47. The summed E-state index contributed by atoms with van der Waals surface area (Å²) in [4.78, 5) is 39.4. The summed E-state index contributed by atoms with van der Waals surface area (Å²) < 4.78 is 17.2. The molecule has 3 rings (SSSR count). The molecular weight excluding hydrogens is 500 g/mol. The molecule has 1 N–H and O–H groups in total. The third-order valence-corrected chi connectivity index (χ3v) is 12.2. The van der Waals surface area contributed by atoms with Gasteiger partial charge in [-0.05, 0) is 35.7 Å². The number of amides is 2. The van der Waals surface area contributed by atoms with Crippen molar-refractivity contribution in [1.82, 2.24) is 0 Å². The zero-order valence-electron chi connectivity index (χ0n) is 23.1. The van der Waals surface area contributed by atoms with Gasteiger partial charge in [0.25, 0.3) is 0 Å². The smallest absolute Gasteiger partial charge is 0.412 e. The van der Waals surface area contributed by atoms with Gasteiger partial charge in [-0.25, -0.2) is 4.79 Å². The van der Waals surface area contributed by atoms with Crippen molar-refractivity contribution in [3.8, 4) is 0 Å². The van der Waals surface area contributed by atoms with Gasteiger partial charge in [-0.1, -0.05) is 69.8 Å². The van der Waals surface area contributed by atoms with Crippen LogP contribution in [0.1, 0.15) is 56.9 Å². The Morgan fingerprint density at radius 3 is 2.39 bits per heavy atom. The molecule has 0 radical (unpaired) electrons. The number of anilines is 2. The number of hydrogen-bond donors (Lipinski definition) is 1. The number of β-lactam (4-membered cyclic amide) rings is 1. The lowest BCUT2D eigenvalue weighted by Gasteiger charge is -2.41. The highest BCUT2D eigenvalue weighted by molar-refractivity contribution is 6.78. The van der Waals surface area contributed by atoms with Crippen LogP contribution in [0, 0.1) is 0 Å². The molecule has 1 saturated heterocycles. The number of benzene rings is 2. The highest BCUT2D eigenvalue weighted by Crippen LogP contribution is 2.46. The molecule has 0 aliphatic carbocycles. The minimum atomic E-state index is -2.72. The number of nitrogens with zero attached hydrogens (tertiary/aromatic N) is 1. The Morgan fingerprint density at radius 1 is 1.18 bits per heavy atom. The molecule has 1 fully saturated rings. The van der Waals surface area contributed by atoms with Gasteiger partial charge in [-0.15, -0.1) is 0 Å². The van der Waals surface area contributed by atoms with E-state index in [4.69, 9.17) is 13.9 Å². The zero-order chi connectivity index (χ0) is 28.1. The third kappa shape index (κ3) is 6.52. The third-order valence-electron chi connectivity index (χ3n) is 7.20. The van der Waals surface area contributed by atoms with E-state index in [1.54, 1.807) is 17.0 Å². The van der Waals surface area contributed by atoms with Crippen molar-refractivity contribution in [2.24, 2.45) is 0 Å². The SMILES string of the molecule is C=Cc1ccc(N2CCC2=O)c(NC(=O)OCc2ccccc2)c1[C@H](C)O[Si](C)(CC(=O)OC)C(C)(C)C.